The molecule has 2 unspecified atom stereocenters. The minimum Gasteiger partial charge on any atom is -0.447 e. The molecule has 0 saturated carbocycles. The van der Waals surface area contributed by atoms with Crippen LogP contribution in [0.4, 0.5) is 9.59 Å². The highest BCUT2D eigenvalue weighted by Crippen LogP contribution is 2.25. The van der Waals surface area contributed by atoms with E-state index in [0.29, 0.717) is 52.0 Å². The predicted octanol–water partition coefficient (Wildman–Crippen LogP) is 5.61. The Kier molecular flexibility index (Phi) is 12.5. The van der Waals surface area contributed by atoms with Crippen LogP contribution in [0.2, 0.25) is 0 Å². The van der Waals surface area contributed by atoms with Crippen molar-refractivity contribution in [1.29, 1.82) is 0 Å². The third kappa shape index (κ3) is 10.6. The van der Waals surface area contributed by atoms with Crippen LogP contribution in [0.25, 0.3) is 21.8 Å². The Labute approximate surface area is 346 Å². The van der Waals surface area contributed by atoms with Crippen LogP contribution in [0.15, 0.2) is 122 Å². The number of cyclic esters (lactones) is 2. The van der Waals surface area contributed by atoms with Crippen LogP contribution in [-0.2, 0) is 67.3 Å². The highest BCUT2D eigenvalue weighted by Gasteiger charge is 2.25. The Morgan fingerprint density at radius 3 is 1.45 bits per heavy atom. The zero-order valence-corrected chi connectivity index (χ0v) is 32.8. The number of benzene rings is 4. The molecule has 2 aliphatic rings. The summed E-state index contributed by atoms with van der Waals surface area (Å²) < 4.78 is 22.0. The molecule has 14 nitrogen and oxygen atoms in total. The molecule has 0 radical (unpaired) electrons. The standard InChI is InChI=1S/C46H46N6O8/c53-43(59-41(49-23-29-7-3-1-4-8-29)21-33-25-47-39-13-11-31(19-37(33)39)17-35-27-57-45(55)51-35)15-16-44(54)60-42(50-24-30-9-5-2-6-10-30)22-34-26-48-40-14-12-32(20-38(34)40)18-36-28-58-46(56)52-36/h1-16,19-20,25-26,35-36,41-42,47-50H,17-18,21-24,27-28H2,(H,51,55)(H,52,56)/b16-15-/t35?,36?,41-,42-/m0/s1. The second-order valence-corrected chi connectivity index (χ2v) is 15.0. The summed E-state index contributed by atoms with van der Waals surface area (Å²) in [5.41, 5.74) is 7.79. The largest absolute Gasteiger partial charge is 0.447 e. The van der Waals surface area contributed by atoms with Gasteiger partial charge in [0.15, 0.2) is 12.5 Å². The van der Waals surface area contributed by atoms with E-state index in [1.807, 2.05) is 97.3 Å². The highest BCUT2D eigenvalue weighted by molar-refractivity contribution is 5.92. The van der Waals surface area contributed by atoms with Crippen LogP contribution in [0.5, 0.6) is 0 Å². The molecule has 2 aliphatic heterocycles. The fourth-order valence-electron chi connectivity index (χ4n) is 7.54. The molecule has 4 aromatic carbocycles. The average Bonchev–Trinajstić information content (AvgIpc) is 4.07. The van der Waals surface area contributed by atoms with Gasteiger partial charge < -0.3 is 39.5 Å². The van der Waals surface area contributed by atoms with E-state index >= 15 is 0 Å². The van der Waals surface area contributed by atoms with Crippen LogP contribution in [0.1, 0.15) is 33.4 Å². The van der Waals surface area contributed by atoms with Crippen molar-refractivity contribution in [3.05, 3.63) is 155 Å². The summed E-state index contributed by atoms with van der Waals surface area (Å²) in [5, 5.41) is 14.3. The number of hydrogen-bond acceptors (Lipinski definition) is 10. The maximum absolute atomic E-state index is 13.3. The quantitative estimate of drug-likeness (QED) is 0.0276. The topological polar surface area (TPSA) is 185 Å². The molecule has 2 aromatic heterocycles. The summed E-state index contributed by atoms with van der Waals surface area (Å²) in [6.07, 6.45) is 5.56. The first-order valence-corrected chi connectivity index (χ1v) is 20.0. The van der Waals surface area contributed by atoms with Gasteiger partial charge in [-0.2, -0.15) is 0 Å². The van der Waals surface area contributed by atoms with Crippen molar-refractivity contribution < 1.29 is 38.1 Å². The van der Waals surface area contributed by atoms with E-state index in [0.717, 1.165) is 67.3 Å². The van der Waals surface area contributed by atoms with E-state index in [-0.39, 0.29) is 12.1 Å². The summed E-state index contributed by atoms with van der Waals surface area (Å²) in [5.74, 6) is -1.42. The number of nitrogens with one attached hydrogen (secondary N) is 6. The van der Waals surface area contributed by atoms with Crippen LogP contribution >= 0.6 is 0 Å². The van der Waals surface area contributed by atoms with Crippen molar-refractivity contribution in [3.63, 3.8) is 0 Å². The van der Waals surface area contributed by atoms with Gasteiger partial charge in [0.05, 0.1) is 12.1 Å². The molecule has 6 aromatic rings. The molecule has 6 N–H and O–H groups in total. The molecule has 0 spiro atoms. The molecule has 4 atom stereocenters. The minimum absolute atomic E-state index is 0.108. The van der Waals surface area contributed by atoms with Crippen LogP contribution < -0.4 is 21.3 Å². The number of ether oxygens (including phenoxy) is 4. The van der Waals surface area contributed by atoms with Crippen LogP contribution in [0, 0.1) is 0 Å². The van der Waals surface area contributed by atoms with E-state index in [1.54, 1.807) is 0 Å². The lowest BCUT2D eigenvalue weighted by molar-refractivity contribution is -0.147. The number of esters is 2. The zero-order chi connectivity index (χ0) is 41.3. The predicted molar refractivity (Wildman–Crippen MR) is 223 cm³/mol. The number of hydrogen-bond donors (Lipinski definition) is 6. The number of amides is 2. The SMILES string of the molecule is O=C(/C=C\C(=O)O[C@@H](Cc1c[nH]c2ccc(CC3COC(=O)N3)cc12)NCc1ccccc1)O[C@@H](Cc1c[nH]c2ccc(CC3COC(=O)N3)cc12)NCc1ccccc1. The van der Waals surface area contributed by atoms with Crippen molar-refractivity contribution in [3.8, 4) is 0 Å². The maximum atomic E-state index is 13.3. The molecule has 2 saturated heterocycles. The molecule has 0 aliphatic carbocycles. The Hall–Kier alpha value is -6.90. The number of carbonyl (C=O) groups is 4. The molecule has 8 rings (SSSR count). The molecule has 4 heterocycles. The third-order valence-electron chi connectivity index (χ3n) is 10.5. The Balaban J connectivity index is 0.943. The van der Waals surface area contributed by atoms with Gasteiger partial charge in [-0.1, -0.05) is 72.8 Å². The Morgan fingerprint density at radius 2 is 1.05 bits per heavy atom. The van der Waals surface area contributed by atoms with E-state index in [2.05, 4.69) is 43.4 Å². The minimum atomic E-state index is -0.743. The van der Waals surface area contributed by atoms with Gasteiger partial charge in [0.1, 0.15) is 13.2 Å². The molecule has 0 bridgehead atoms. The Morgan fingerprint density at radius 1 is 0.617 bits per heavy atom. The van der Waals surface area contributed by atoms with Gasteiger partial charge in [0.25, 0.3) is 0 Å². The lowest BCUT2D eigenvalue weighted by Gasteiger charge is -2.19. The first-order chi connectivity index (χ1) is 29.3. The number of aromatic nitrogens is 2. The number of carbonyl (C=O) groups excluding carboxylic acids is 4. The van der Waals surface area contributed by atoms with Gasteiger partial charge in [0, 0.05) is 72.3 Å². The van der Waals surface area contributed by atoms with Gasteiger partial charge in [-0.05, 0) is 70.5 Å². The number of rotatable bonds is 18. The zero-order valence-electron chi connectivity index (χ0n) is 32.8. The van der Waals surface area contributed by atoms with E-state index in [4.69, 9.17) is 18.9 Å². The molecule has 60 heavy (non-hydrogen) atoms. The molecular weight excluding hydrogens is 765 g/mol. The van der Waals surface area contributed by atoms with E-state index in [9.17, 15) is 19.2 Å². The van der Waals surface area contributed by atoms with Crippen molar-refractivity contribution in [1.82, 2.24) is 31.2 Å². The van der Waals surface area contributed by atoms with Crippen LogP contribution in [0.3, 0.4) is 0 Å². The maximum Gasteiger partial charge on any atom is 0.407 e. The molecule has 2 fully saturated rings. The first kappa shape index (κ1) is 39.9. The number of aromatic amines is 2. The molecule has 2 amide bonds. The van der Waals surface area contributed by atoms with Gasteiger partial charge in [0.2, 0.25) is 0 Å². The van der Waals surface area contributed by atoms with Crippen molar-refractivity contribution in [2.75, 3.05) is 13.2 Å². The number of fused-ring (bicyclic) bond motifs is 2. The van der Waals surface area contributed by atoms with Gasteiger partial charge in [-0.3, -0.25) is 10.6 Å². The van der Waals surface area contributed by atoms with Gasteiger partial charge >= 0.3 is 24.1 Å². The highest BCUT2D eigenvalue weighted by atomic mass is 16.6. The second-order valence-electron chi connectivity index (χ2n) is 15.0. The van der Waals surface area contributed by atoms with E-state index in [1.165, 1.54) is 0 Å². The second kappa shape index (κ2) is 18.8. The lowest BCUT2D eigenvalue weighted by atomic mass is 10.0. The summed E-state index contributed by atoms with van der Waals surface area (Å²) in [7, 11) is 0. The van der Waals surface area contributed by atoms with Gasteiger partial charge in [-0.25, -0.2) is 19.2 Å². The normalized spacial score (nSPS) is 17.3. The monoisotopic (exact) mass is 810 g/mol. The number of alkyl carbamates (subject to hydrolysis) is 2. The van der Waals surface area contributed by atoms with Crippen molar-refractivity contribution in [2.24, 2.45) is 0 Å². The average molecular weight is 811 g/mol. The number of H-pyrrole nitrogens is 2. The Bertz CT molecular complexity index is 2310. The van der Waals surface area contributed by atoms with Crippen LogP contribution in [-0.4, -0.2) is 71.8 Å². The molecule has 308 valence electrons. The first-order valence-electron chi connectivity index (χ1n) is 20.0. The van der Waals surface area contributed by atoms with E-state index < -0.39 is 36.6 Å². The fourth-order valence-corrected chi connectivity index (χ4v) is 7.54. The fraction of sp³-hybridized carbons (Fsp3) is 0.261. The van der Waals surface area contributed by atoms with Gasteiger partial charge in [-0.15, -0.1) is 0 Å². The summed E-state index contributed by atoms with van der Waals surface area (Å²) >= 11 is 0. The summed E-state index contributed by atoms with van der Waals surface area (Å²) in [6, 6.07) is 31.5. The lowest BCUT2D eigenvalue weighted by Crippen LogP contribution is -2.35. The smallest absolute Gasteiger partial charge is 0.407 e. The summed E-state index contributed by atoms with van der Waals surface area (Å²) in [4.78, 5) is 56.5. The van der Waals surface area contributed by atoms with Crippen molar-refractivity contribution >= 4 is 45.9 Å². The third-order valence-corrected chi connectivity index (χ3v) is 10.5. The molecular formula is C46H46N6O8. The van der Waals surface area contributed by atoms with Crippen molar-refractivity contribution in [2.45, 2.75) is 63.3 Å². The molecule has 14 heteroatoms. The summed E-state index contributed by atoms with van der Waals surface area (Å²) in [6.45, 7) is 1.51.